The first-order valence-corrected chi connectivity index (χ1v) is 12.0. The lowest BCUT2D eigenvalue weighted by molar-refractivity contribution is -0.255. The number of hydrogen-bond acceptors (Lipinski definition) is 6. The van der Waals surface area contributed by atoms with E-state index in [4.69, 9.17) is 4.74 Å². The van der Waals surface area contributed by atoms with E-state index in [1.807, 2.05) is 47.0 Å². The molecule has 1 heterocycles. The molecule has 0 fully saturated rings. The van der Waals surface area contributed by atoms with Crippen molar-refractivity contribution in [2.75, 3.05) is 0 Å². The van der Waals surface area contributed by atoms with Crippen LogP contribution in [0.15, 0.2) is 84.0 Å². The zero-order chi connectivity index (χ0) is 24.1. The lowest BCUT2D eigenvalue weighted by Gasteiger charge is -2.19. The minimum atomic E-state index is -1.18. The average molecular weight is 473 g/mol. The predicted molar refractivity (Wildman–Crippen MR) is 131 cm³/mol. The smallest absolute Gasteiger partial charge is 0.196 e. The summed E-state index contributed by atoms with van der Waals surface area (Å²) in [5.74, 6) is 0.910. The summed E-state index contributed by atoms with van der Waals surface area (Å²) >= 11 is 1.53. The number of carboxylic acids is 1. The first-order valence-electron chi connectivity index (χ1n) is 11.0. The van der Waals surface area contributed by atoms with Crippen LogP contribution in [0.3, 0.4) is 0 Å². The van der Waals surface area contributed by atoms with Crippen LogP contribution in [0.1, 0.15) is 48.1 Å². The number of hydrogen-bond donors (Lipinski definition) is 0. The summed E-state index contributed by atoms with van der Waals surface area (Å²) < 4.78 is 8.03. The number of para-hydroxylation sites is 1. The minimum absolute atomic E-state index is 0.0863. The Morgan fingerprint density at radius 1 is 0.941 bits per heavy atom. The number of aromatic nitrogens is 3. The maximum atomic E-state index is 11.0. The first-order chi connectivity index (χ1) is 16.3. The minimum Gasteiger partial charge on any atom is -0.545 e. The molecule has 0 aliphatic heterocycles. The van der Waals surface area contributed by atoms with Crippen molar-refractivity contribution in [3.8, 4) is 11.4 Å². The molecule has 0 saturated carbocycles. The van der Waals surface area contributed by atoms with E-state index in [1.54, 1.807) is 24.3 Å². The van der Waals surface area contributed by atoms with Gasteiger partial charge in [0.25, 0.3) is 0 Å². The Hall–Kier alpha value is -3.58. The Bertz CT molecular complexity index is 1250. The van der Waals surface area contributed by atoms with Gasteiger partial charge in [-0.25, -0.2) is 0 Å². The summed E-state index contributed by atoms with van der Waals surface area (Å²) in [6.07, 6.45) is 0. The number of carbonyl (C=O) groups is 1. The molecule has 0 aliphatic rings. The maximum Gasteiger partial charge on any atom is 0.196 e. The number of rotatable bonds is 8. The average Bonchev–Trinajstić information content (AvgIpc) is 3.24. The molecule has 1 aromatic heterocycles. The van der Waals surface area contributed by atoms with Gasteiger partial charge in [-0.15, -0.1) is 10.2 Å². The summed E-state index contributed by atoms with van der Waals surface area (Å²) in [5.41, 5.74) is 3.43. The molecule has 0 bridgehead atoms. The fourth-order valence-corrected chi connectivity index (χ4v) is 4.33. The van der Waals surface area contributed by atoms with Crippen LogP contribution in [-0.2, 0) is 17.8 Å². The molecule has 0 radical (unpaired) electrons. The molecule has 7 heteroatoms. The van der Waals surface area contributed by atoms with Gasteiger partial charge in [0.1, 0.15) is 12.4 Å². The van der Waals surface area contributed by atoms with Crippen LogP contribution in [0.5, 0.6) is 5.75 Å². The zero-order valence-corrected chi connectivity index (χ0v) is 20.2. The van der Waals surface area contributed by atoms with E-state index in [1.165, 1.54) is 17.3 Å². The van der Waals surface area contributed by atoms with E-state index in [9.17, 15) is 9.90 Å². The van der Waals surface area contributed by atoms with E-state index in [2.05, 4.69) is 43.1 Å². The highest BCUT2D eigenvalue weighted by atomic mass is 32.2. The topological polar surface area (TPSA) is 80.1 Å². The maximum absolute atomic E-state index is 11.0. The van der Waals surface area contributed by atoms with Gasteiger partial charge < -0.3 is 14.6 Å². The predicted octanol–water partition coefficient (Wildman–Crippen LogP) is 4.80. The van der Waals surface area contributed by atoms with Crippen LogP contribution in [-0.4, -0.2) is 20.7 Å². The molecule has 0 saturated heterocycles. The zero-order valence-electron chi connectivity index (χ0n) is 19.4. The summed E-state index contributed by atoms with van der Waals surface area (Å²) in [7, 11) is 0. The van der Waals surface area contributed by atoms with Crippen LogP contribution in [0.4, 0.5) is 0 Å². The number of carbonyl (C=O) groups excluding carboxylic acids is 1. The van der Waals surface area contributed by atoms with Crippen molar-refractivity contribution in [3.63, 3.8) is 0 Å². The molecular weight excluding hydrogens is 446 g/mol. The second kappa shape index (κ2) is 10.1. The van der Waals surface area contributed by atoms with Crippen LogP contribution < -0.4 is 9.84 Å². The van der Waals surface area contributed by atoms with Crippen molar-refractivity contribution in [2.45, 2.75) is 43.7 Å². The Morgan fingerprint density at radius 2 is 1.62 bits per heavy atom. The molecule has 0 amide bonds. The van der Waals surface area contributed by atoms with Crippen molar-refractivity contribution in [1.29, 1.82) is 0 Å². The number of thioether (sulfide) groups is 1. The standard InChI is InChI=1S/C27H27N3O3S/c1-27(2,3)21-13-15-23(16-14-21)33-17-24-28-29-26(30(24)22-7-5-4-6-8-22)34-18-19-9-11-20(12-10-19)25(31)32/h4-16H,17-18H2,1-3H3,(H,31,32)/p-1. The van der Waals surface area contributed by atoms with Gasteiger partial charge in [-0.2, -0.15) is 0 Å². The molecule has 4 aromatic rings. The van der Waals surface area contributed by atoms with E-state index in [-0.39, 0.29) is 17.6 Å². The second-order valence-corrected chi connectivity index (χ2v) is 9.85. The summed E-state index contributed by atoms with van der Waals surface area (Å²) in [5, 5.41) is 20.5. The quantitative estimate of drug-likeness (QED) is 0.343. The van der Waals surface area contributed by atoms with Crippen LogP contribution in [0.2, 0.25) is 0 Å². The highest BCUT2D eigenvalue weighted by molar-refractivity contribution is 7.98. The van der Waals surface area contributed by atoms with Crippen molar-refractivity contribution in [2.24, 2.45) is 0 Å². The molecule has 4 rings (SSSR count). The van der Waals surface area contributed by atoms with E-state index in [0.29, 0.717) is 11.6 Å². The van der Waals surface area contributed by atoms with Crippen LogP contribution in [0.25, 0.3) is 5.69 Å². The van der Waals surface area contributed by atoms with Gasteiger partial charge in [-0.05, 0) is 46.4 Å². The third-order valence-corrected chi connectivity index (χ3v) is 6.36. The molecule has 34 heavy (non-hydrogen) atoms. The molecular formula is C27H26N3O3S-. The fourth-order valence-electron chi connectivity index (χ4n) is 3.41. The molecule has 6 nitrogen and oxygen atoms in total. The van der Waals surface area contributed by atoms with Gasteiger partial charge in [0.05, 0.1) is 5.97 Å². The molecule has 0 spiro atoms. The Kier molecular flexibility index (Phi) is 7.03. The third kappa shape index (κ3) is 5.66. The SMILES string of the molecule is CC(C)(C)c1ccc(OCc2nnc(SCc3ccc(C(=O)[O-])cc3)n2-c2ccccc2)cc1. The number of carboxylic acid groups (broad SMARTS) is 1. The second-order valence-electron chi connectivity index (χ2n) is 8.91. The van der Waals surface area contributed by atoms with Crippen molar-refractivity contribution >= 4 is 17.7 Å². The fraction of sp³-hybridized carbons (Fsp3) is 0.222. The highest BCUT2D eigenvalue weighted by Gasteiger charge is 2.16. The van der Waals surface area contributed by atoms with Gasteiger partial charge >= 0.3 is 0 Å². The van der Waals surface area contributed by atoms with Crippen molar-refractivity contribution in [3.05, 3.63) is 101 Å². The normalized spacial score (nSPS) is 11.4. The Balaban J connectivity index is 1.52. The lowest BCUT2D eigenvalue weighted by Crippen LogP contribution is -2.21. The summed E-state index contributed by atoms with van der Waals surface area (Å²) in [4.78, 5) is 11.0. The Morgan fingerprint density at radius 3 is 2.24 bits per heavy atom. The van der Waals surface area contributed by atoms with Crippen LogP contribution in [0, 0.1) is 0 Å². The monoisotopic (exact) mass is 472 g/mol. The lowest BCUT2D eigenvalue weighted by atomic mass is 9.87. The molecule has 0 N–H and O–H groups in total. The number of aromatic carboxylic acids is 1. The Labute approximate surface area is 203 Å². The number of ether oxygens (including phenoxy) is 1. The molecule has 0 aliphatic carbocycles. The summed E-state index contributed by atoms with van der Waals surface area (Å²) in [6.45, 7) is 6.82. The largest absolute Gasteiger partial charge is 0.545 e. The van der Waals surface area contributed by atoms with E-state index >= 15 is 0 Å². The third-order valence-electron chi connectivity index (χ3n) is 5.36. The first kappa shape index (κ1) is 23.6. The molecule has 3 aromatic carbocycles. The van der Waals surface area contributed by atoms with Gasteiger partial charge in [0.15, 0.2) is 11.0 Å². The van der Waals surface area contributed by atoms with Gasteiger partial charge in [0.2, 0.25) is 0 Å². The highest BCUT2D eigenvalue weighted by Crippen LogP contribution is 2.27. The van der Waals surface area contributed by atoms with Gasteiger partial charge in [0, 0.05) is 11.4 Å². The molecule has 0 atom stereocenters. The van der Waals surface area contributed by atoms with Crippen molar-refractivity contribution < 1.29 is 14.6 Å². The summed E-state index contributed by atoms with van der Waals surface area (Å²) in [6, 6.07) is 24.7. The number of benzene rings is 3. The van der Waals surface area contributed by atoms with Crippen molar-refractivity contribution in [1.82, 2.24) is 14.8 Å². The van der Waals surface area contributed by atoms with Gasteiger partial charge in [-0.3, -0.25) is 4.57 Å². The van der Waals surface area contributed by atoms with Crippen LogP contribution >= 0.6 is 11.8 Å². The molecule has 174 valence electrons. The number of nitrogens with zero attached hydrogens (tertiary/aromatic N) is 3. The molecule has 0 unspecified atom stereocenters. The van der Waals surface area contributed by atoms with E-state index in [0.717, 1.165) is 22.2 Å². The van der Waals surface area contributed by atoms with Gasteiger partial charge in [-0.1, -0.05) is 87.1 Å². The van der Waals surface area contributed by atoms with E-state index < -0.39 is 5.97 Å².